The van der Waals surface area contributed by atoms with E-state index in [-0.39, 0.29) is 17.7 Å². The molecule has 0 spiro atoms. The van der Waals surface area contributed by atoms with E-state index in [0.29, 0.717) is 43.9 Å². The number of carbonyl (C=O) groups excluding carboxylic acids is 1. The van der Waals surface area contributed by atoms with Crippen LogP contribution in [0.3, 0.4) is 0 Å². The summed E-state index contributed by atoms with van der Waals surface area (Å²) in [5, 5.41) is 7.46. The van der Waals surface area contributed by atoms with Crippen LogP contribution in [0.2, 0.25) is 0 Å². The molecule has 10 heteroatoms. The summed E-state index contributed by atoms with van der Waals surface area (Å²) in [4.78, 5) is 15.8. The first-order chi connectivity index (χ1) is 15.7. The Kier molecular flexibility index (Phi) is 8.06. The van der Waals surface area contributed by atoms with Crippen LogP contribution in [0, 0.1) is 5.41 Å². The SMILES string of the molecule is CN(CCN(C)S(=O)(=O)CCc1ccccc1)CC1CN(c2ccc(C(=N)N)cc2)C(=O)O1. The molecule has 9 nitrogen and oxygen atoms in total. The van der Waals surface area contributed by atoms with E-state index < -0.39 is 16.1 Å². The van der Waals surface area contributed by atoms with Crippen LogP contribution in [0.25, 0.3) is 0 Å². The Balaban J connectivity index is 1.46. The molecular formula is C23H31N5O4S. The van der Waals surface area contributed by atoms with E-state index in [0.717, 1.165) is 5.56 Å². The van der Waals surface area contributed by atoms with Crippen LogP contribution >= 0.6 is 0 Å². The van der Waals surface area contributed by atoms with E-state index in [2.05, 4.69) is 0 Å². The monoisotopic (exact) mass is 473 g/mol. The highest BCUT2D eigenvalue weighted by molar-refractivity contribution is 7.89. The van der Waals surface area contributed by atoms with Gasteiger partial charge in [-0.1, -0.05) is 30.3 Å². The van der Waals surface area contributed by atoms with Crippen LogP contribution in [-0.4, -0.2) is 81.7 Å². The van der Waals surface area contributed by atoms with Gasteiger partial charge >= 0.3 is 6.09 Å². The molecule has 0 radical (unpaired) electrons. The van der Waals surface area contributed by atoms with Crippen molar-refractivity contribution in [2.24, 2.45) is 5.73 Å². The standard InChI is InChI=1S/C23H31N5O4S/c1-26(13-14-27(2)33(30,31)15-12-18-6-4-3-5-7-18)16-21-17-28(23(29)32-21)20-10-8-19(9-11-20)22(24)25/h3-11,21H,12-17H2,1-2H3,(H3,24,25). The normalized spacial score (nSPS) is 16.4. The zero-order chi connectivity index (χ0) is 24.0. The van der Waals surface area contributed by atoms with Crippen molar-refractivity contribution in [3.8, 4) is 0 Å². The first kappa shape index (κ1) is 24.7. The summed E-state index contributed by atoms with van der Waals surface area (Å²) < 4.78 is 32.0. The molecule has 2 aromatic carbocycles. The van der Waals surface area contributed by atoms with Crippen molar-refractivity contribution in [2.45, 2.75) is 12.5 Å². The molecule has 178 valence electrons. The van der Waals surface area contributed by atoms with Crippen molar-refractivity contribution in [3.63, 3.8) is 0 Å². The second-order valence-corrected chi connectivity index (χ2v) is 10.4. The van der Waals surface area contributed by atoms with Gasteiger partial charge < -0.3 is 15.4 Å². The highest BCUT2D eigenvalue weighted by Gasteiger charge is 2.33. The topological polar surface area (TPSA) is 120 Å². The average Bonchev–Trinajstić information content (AvgIpc) is 3.16. The molecule has 1 saturated heterocycles. The molecule has 1 aliphatic heterocycles. The highest BCUT2D eigenvalue weighted by atomic mass is 32.2. The summed E-state index contributed by atoms with van der Waals surface area (Å²) in [5.74, 6) is 0.0339. The first-order valence-corrected chi connectivity index (χ1v) is 12.4. The maximum Gasteiger partial charge on any atom is 0.414 e. The van der Waals surface area contributed by atoms with Gasteiger partial charge in [-0.05, 0) is 43.3 Å². The van der Waals surface area contributed by atoms with E-state index in [1.54, 1.807) is 36.2 Å². The number of aryl methyl sites for hydroxylation is 1. The lowest BCUT2D eigenvalue weighted by atomic mass is 10.2. The fraction of sp³-hybridized carbons (Fsp3) is 0.391. The molecule has 1 amide bonds. The molecule has 1 heterocycles. The molecule has 2 aromatic rings. The van der Waals surface area contributed by atoms with Gasteiger partial charge in [-0.25, -0.2) is 17.5 Å². The van der Waals surface area contributed by atoms with Crippen LogP contribution in [-0.2, 0) is 21.2 Å². The summed E-state index contributed by atoms with van der Waals surface area (Å²) in [6.45, 7) is 1.76. The molecule has 1 fully saturated rings. The molecule has 0 aromatic heterocycles. The largest absolute Gasteiger partial charge is 0.443 e. The van der Waals surface area contributed by atoms with Crippen LogP contribution < -0.4 is 10.6 Å². The van der Waals surface area contributed by atoms with Gasteiger partial charge in [0.05, 0.1) is 12.3 Å². The molecule has 1 atom stereocenters. The number of benzene rings is 2. The van der Waals surface area contributed by atoms with Gasteiger partial charge in [-0.3, -0.25) is 10.3 Å². The third-order valence-electron chi connectivity index (χ3n) is 5.64. The Morgan fingerprint density at radius 2 is 1.79 bits per heavy atom. The van der Waals surface area contributed by atoms with Crippen molar-refractivity contribution in [1.29, 1.82) is 5.41 Å². The molecule has 0 saturated carbocycles. The third-order valence-corrected chi connectivity index (χ3v) is 7.49. The van der Waals surface area contributed by atoms with Gasteiger partial charge in [0.25, 0.3) is 0 Å². The van der Waals surface area contributed by atoms with Crippen LogP contribution in [0.4, 0.5) is 10.5 Å². The number of nitrogen functional groups attached to an aromatic ring is 1. The van der Waals surface area contributed by atoms with Crippen LogP contribution in [0.5, 0.6) is 0 Å². The van der Waals surface area contributed by atoms with E-state index in [9.17, 15) is 13.2 Å². The summed E-state index contributed by atoms with van der Waals surface area (Å²) >= 11 is 0. The second kappa shape index (κ2) is 10.8. The number of hydrogen-bond donors (Lipinski definition) is 2. The summed E-state index contributed by atoms with van der Waals surface area (Å²) in [6, 6.07) is 16.4. The van der Waals surface area contributed by atoms with Crippen molar-refractivity contribution in [1.82, 2.24) is 9.21 Å². The number of nitrogens with one attached hydrogen (secondary N) is 1. The number of sulfonamides is 1. The molecule has 1 aliphatic rings. The Morgan fingerprint density at radius 3 is 2.42 bits per heavy atom. The maximum atomic E-state index is 12.6. The lowest BCUT2D eigenvalue weighted by Gasteiger charge is -2.23. The number of cyclic esters (lactones) is 1. The van der Waals surface area contributed by atoms with Gasteiger partial charge in [0, 0.05) is 37.9 Å². The predicted octanol–water partition coefficient (Wildman–Crippen LogP) is 1.73. The number of carbonyl (C=O) groups is 1. The Labute approximate surface area is 195 Å². The van der Waals surface area contributed by atoms with Crippen LogP contribution in [0.1, 0.15) is 11.1 Å². The van der Waals surface area contributed by atoms with Crippen molar-refractivity contribution in [2.75, 3.05) is 50.9 Å². The van der Waals surface area contributed by atoms with Crippen molar-refractivity contribution < 1.29 is 17.9 Å². The minimum atomic E-state index is -3.36. The average molecular weight is 474 g/mol. The Hall–Kier alpha value is -2.95. The van der Waals surface area contributed by atoms with Gasteiger partial charge in [0.15, 0.2) is 0 Å². The molecule has 3 rings (SSSR count). The first-order valence-electron chi connectivity index (χ1n) is 10.7. The fourth-order valence-electron chi connectivity index (χ4n) is 3.59. The molecule has 0 bridgehead atoms. The number of anilines is 1. The number of ether oxygens (including phenoxy) is 1. The molecule has 3 N–H and O–H groups in total. The van der Waals surface area contributed by atoms with E-state index in [4.69, 9.17) is 15.9 Å². The molecule has 33 heavy (non-hydrogen) atoms. The Morgan fingerprint density at radius 1 is 1.12 bits per heavy atom. The lowest BCUT2D eigenvalue weighted by Crippen LogP contribution is -2.39. The summed E-state index contributed by atoms with van der Waals surface area (Å²) in [6.07, 6.45) is -0.274. The van der Waals surface area contributed by atoms with Crippen LogP contribution in [0.15, 0.2) is 54.6 Å². The Bertz CT molecular complexity index is 1060. The number of hydrogen-bond acceptors (Lipinski definition) is 6. The zero-order valence-electron chi connectivity index (χ0n) is 19.0. The lowest BCUT2D eigenvalue weighted by molar-refractivity contribution is 0.116. The molecule has 0 aliphatic carbocycles. The number of amides is 1. The van der Waals surface area contributed by atoms with E-state index in [1.165, 1.54) is 4.31 Å². The number of amidine groups is 1. The number of likely N-dealkylation sites (N-methyl/N-ethyl adjacent to an activating group) is 2. The fourth-order valence-corrected chi connectivity index (χ4v) is 4.75. The van der Waals surface area contributed by atoms with Gasteiger partial charge in [-0.2, -0.15) is 0 Å². The summed E-state index contributed by atoms with van der Waals surface area (Å²) in [5.41, 5.74) is 7.74. The summed E-state index contributed by atoms with van der Waals surface area (Å²) in [7, 11) is 0.115. The maximum absolute atomic E-state index is 12.6. The van der Waals surface area contributed by atoms with Crippen molar-refractivity contribution in [3.05, 3.63) is 65.7 Å². The minimum absolute atomic E-state index is 0.0305. The molecular weight excluding hydrogens is 442 g/mol. The van der Waals surface area contributed by atoms with Crippen molar-refractivity contribution >= 4 is 27.6 Å². The third kappa shape index (κ3) is 6.77. The molecule has 1 unspecified atom stereocenters. The number of nitrogens with zero attached hydrogens (tertiary/aromatic N) is 3. The predicted molar refractivity (Wildman–Crippen MR) is 129 cm³/mol. The second-order valence-electron chi connectivity index (χ2n) is 8.21. The smallest absolute Gasteiger partial charge is 0.414 e. The minimum Gasteiger partial charge on any atom is -0.443 e. The van der Waals surface area contributed by atoms with Gasteiger partial charge in [-0.15, -0.1) is 0 Å². The number of nitrogens with two attached hydrogens (primary N) is 1. The van der Waals surface area contributed by atoms with Gasteiger partial charge in [0.1, 0.15) is 11.9 Å². The van der Waals surface area contributed by atoms with Gasteiger partial charge in [0.2, 0.25) is 10.0 Å². The quantitative estimate of drug-likeness (QED) is 0.379. The van der Waals surface area contributed by atoms with E-state index in [1.807, 2.05) is 42.3 Å². The van der Waals surface area contributed by atoms with E-state index >= 15 is 0 Å². The highest BCUT2D eigenvalue weighted by Crippen LogP contribution is 2.22. The number of rotatable bonds is 11. The zero-order valence-corrected chi connectivity index (χ0v) is 19.8.